The van der Waals surface area contributed by atoms with Crippen LogP contribution in [0.5, 0.6) is 0 Å². The third kappa shape index (κ3) is 4.23. The lowest BCUT2D eigenvalue weighted by molar-refractivity contribution is -0.0680. The molecular formula is C14H30N2O. The minimum atomic E-state index is 0.374. The van der Waals surface area contributed by atoms with E-state index >= 15 is 0 Å². The van der Waals surface area contributed by atoms with Crippen LogP contribution < -0.4 is 5.32 Å². The molecule has 0 saturated carbocycles. The standard InChI is InChI=1S/C14H30N2O/c1-6-13-9-17-12(3)8-16(13)11-14(4,7-2)10-15-5/h12-13,15H,6-11H2,1-5H3. The molecule has 0 aliphatic carbocycles. The maximum Gasteiger partial charge on any atom is 0.0674 e. The maximum absolute atomic E-state index is 5.76. The third-order valence-electron chi connectivity index (χ3n) is 4.09. The molecule has 1 saturated heterocycles. The van der Waals surface area contributed by atoms with Crippen LogP contribution in [0.15, 0.2) is 0 Å². The zero-order chi connectivity index (χ0) is 12.9. The number of hydrogen-bond acceptors (Lipinski definition) is 3. The van der Waals surface area contributed by atoms with Gasteiger partial charge >= 0.3 is 0 Å². The predicted octanol–water partition coefficient (Wildman–Crippen LogP) is 2.12. The summed E-state index contributed by atoms with van der Waals surface area (Å²) in [5, 5.41) is 3.33. The smallest absolute Gasteiger partial charge is 0.0674 e. The summed E-state index contributed by atoms with van der Waals surface area (Å²) in [5.74, 6) is 0. The average molecular weight is 242 g/mol. The van der Waals surface area contributed by atoms with Gasteiger partial charge in [-0.25, -0.2) is 0 Å². The van der Waals surface area contributed by atoms with Crippen LogP contribution in [0.25, 0.3) is 0 Å². The van der Waals surface area contributed by atoms with Crippen LogP contribution in [0.1, 0.15) is 40.5 Å². The molecule has 102 valence electrons. The van der Waals surface area contributed by atoms with E-state index in [9.17, 15) is 0 Å². The minimum absolute atomic E-state index is 0.374. The number of nitrogens with zero attached hydrogens (tertiary/aromatic N) is 1. The van der Waals surface area contributed by atoms with Crippen molar-refractivity contribution in [2.45, 2.75) is 52.7 Å². The topological polar surface area (TPSA) is 24.5 Å². The van der Waals surface area contributed by atoms with E-state index in [1.54, 1.807) is 0 Å². The Kier molecular flexibility index (Phi) is 5.90. The predicted molar refractivity (Wildman–Crippen MR) is 73.4 cm³/mol. The number of rotatable bonds is 6. The molecule has 0 spiro atoms. The summed E-state index contributed by atoms with van der Waals surface area (Å²) >= 11 is 0. The molecule has 17 heavy (non-hydrogen) atoms. The van der Waals surface area contributed by atoms with Gasteiger partial charge in [-0.05, 0) is 32.2 Å². The Morgan fingerprint density at radius 2 is 2.12 bits per heavy atom. The molecule has 3 nitrogen and oxygen atoms in total. The molecule has 0 amide bonds. The van der Waals surface area contributed by atoms with E-state index in [0.717, 1.165) is 19.7 Å². The van der Waals surface area contributed by atoms with Gasteiger partial charge in [0.15, 0.2) is 0 Å². The molecule has 1 heterocycles. The molecule has 0 bridgehead atoms. The van der Waals surface area contributed by atoms with Crippen molar-refractivity contribution < 1.29 is 4.74 Å². The van der Waals surface area contributed by atoms with Gasteiger partial charge in [0.05, 0.1) is 12.7 Å². The van der Waals surface area contributed by atoms with Crippen LogP contribution in [-0.4, -0.2) is 50.3 Å². The lowest BCUT2D eigenvalue weighted by Crippen LogP contribution is -2.53. The maximum atomic E-state index is 5.76. The Balaban J connectivity index is 2.61. The van der Waals surface area contributed by atoms with Crippen molar-refractivity contribution in [2.75, 3.05) is 33.3 Å². The van der Waals surface area contributed by atoms with Crippen LogP contribution in [0.4, 0.5) is 0 Å². The van der Waals surface area contributed by atoms with Crippen LogP contribution in [-0.2, 0) is 4.74 Å². The Bertz CT molecular complexity index is 222. The molecule has 3 atom stereocenters. The zero-order valence-electron chi connectivity index (χ0n) is 12.3. The molecule has 0 aromatic carbocycles. The number of nitrogens with one attached hydrogen (secondary N) is 1. The largest absolute Gasteiger partial charge is 0.376 e. The molecule has 0 aromatic rings. The van der Waals surface area contributed by atoms with E-state index < -0.39 is 0 Å². The fourth-order valence-corrected chi connectivity index (χ4v) is 2.69. The molecule has 3 heteroatoms. The van der Waals surface area contributed by atoms with Crippen LogP contribution in [0.2, 0.25) is 0 Å². The molecule has 1 N–H and O–H groups in total. The van der Waals surface area contributed by atoms with Gasteiger partial charge < -0.3 is 10.1 Å². The summed E-state index contributed by atoms with van der Waals surface area (Å²) in [6, 6.07) is 0.605. The van der Waals surface area contributed by atoms with Crippen molar-refractivity contribution in [3.05, 3.63) is 0 Å². The monoisotopic (exact) mass is 242 g/mol. The highest BCUT2D eigenvalue weighted by Gasteiger charge is 2.31. The highest BCUT2D eigenvalue weighted by atomic mass is 16.5. The van der Waals surface area contributed by atoms with Gasteiger partial charge in [-0.1, -0.05) is 20.8 Å². The van der Waals surface area contributed by atoms with Crippen molar-refractivity contribution in [3.63, 3.8) is 0 Å². The Labute approximate surface area is 107 Å². The summed E-state index contributed by atoms with van der Waals surface area (Å²) in [6.45, 7) is 13.4. The first-order valence-corrected chi connectivity index (χ1v) is 7.05. The molecule has 1 aliphatic rings. The SMILES string of the molecule is CCC1COC(C)CN1CC(C)(CC)CNC. The van der Waals surface area contributed by atoms with Gasteiger partial charge in [0.2, 0.25) is 0 Å². The quantitative estimate of drug-likeness (QED) is 0.772. The summed E-state index contributed by atoms with van der Waals surface area (Å²) < 4.78 is 5.76. The van der Waals surface area contributed by atoms with Crippen molar-refractivity contribution in [2.24, 2.45) is 5.41 Å². The second-order valence-corrected chi connectivity index (χ2v) is 5.83. The van der Waals surface area contributed by atoms with Gasteiger partial charge in [-0.2, -0.15) is 0 Å². The first-order chi connectivity index (χ1) is 8.04. The second kappa shape index (κ2) is 6.72. The van der Waals surface area contributed by atoms with Crippen LogP contribution in [0.3, 0.4) is 0 Å². The molecule has 0 radical (unpaired) electrons. The third-order valence-corrected chi connectivity index (χ3v) is 4.09. The normalized spacial score (nSPS) is 30.2. The Morgan fingerprint density at radius 3 is 2.65 bits per heavy atom. The van der Waals surface area contributed by atoms with E-state index in [-0.39, 0.29) is 0 Å². The molecule has 1 aliphatic heterocycles. The summed E-state index contributed by atoms with van der Waals surface area (Å²) in [7, 11) is 2.05. The summed E-state index contributed by atoms with van der Waals surface area (Å²) in [6.07, 6.45) is 2.79. The van der Waals surface area contributed by atoms with Crippen LogP contribution in [0, 0.1) is 5.41 Å². The highest BCUT2D eigenvalue weighted by Crippen LogP contribution is 2.25. The van der Waals surface area contributed by atoms with Crippen molar-refractivity contribution in [1.29, 1.82) is 0 Å². The number of hydrogen-bond donors (Lipinski definition) is 1. The van der Waals surface area contributed by atoms with Crippen molar-refractivity contribution in [3.8, 4) is 0 Å². The molecule has 0 aromatic heterocycles. The van der Waals surface area contributed by atoms with Crippen molar-refractivity contribution in [1.82, 2.24) is 10.2 Å². The van der Waals surface area contributed by atoms with E-state index in [1.807, 2.05) is 7.05 Å². The van der Waals surface area contributed by atoms with Crippen LogP contribution >= 0.6 is 0 Å². The first kappa shape index (κ1) is 14.9. The average Bonchev–Trinajstić information content (AvgIpc) is 2.29. The van der Waals surface area contributed by atoms with Gasteiger partial charge in [0.1, 0.15) is 0 Å². The van der Waals surface area contributed by atoms with E-state index in [1.165, 1.54) is 19.4 Å². The lowest BCUT2D eigenvalue weighted by atomic mass is 9.86. The summed E-state index contributed by atoms with van der Waals surface area (Å²) in [5.41, 5.74) is 0.374. The Hall–Kier alpha value is -0.120. The first-order valence-electron chi connectivity index (χ1n) is 7.05. The molecular weight excluding hydrogens is 212 g/mol. The molecule has 1 fully saturated rings. The second-order valence-electron chi connectivity index (χ2n) is 5.83. The Morgan fingerprint density at radius 1 is 1.41 bits per heavy atom. The minimum Gasteiger partial charge on any atom is -0.376 e. The highest BCUT2D eigenvalue weighted by molar-refractivity contribution is 4.85. The van der Waals surface area contributed by atoms with E-state index in [0.29, 0.717) is 17.6 Å². The zero-order valence-corrected chi connectivity index (χ0v) is 12.3. The van der Waals surface area contributed by atoms with Gasteiger partial charge in [0.25, 0.3) is 0 Å². The van der Waals surface area contributed by atoms with Crippen molar-refractivity contribution >= 4 is 0 Å². The number of morpholine rings is 1. The van der Waals surface area contributed by atoms with Gasteiger partial charge in [0, 0.05) is 25.7 Å². The van der Waals surface area contributed by atoms with Gasteiger partial charge in [-0.3, -0.25) is 4.90 Å². The fourth-order valence-electron chi connectivity index (χ4n) is 2.69. The molecule has 3 unspecified atom stereocenters. The molecule has 1 rings (SSSR count). The fraction of sp³-hybridized carbons (Fsp3) is 1.00. The van der Waals surface area contributed by atoms with E-state index in [2.05, 4.69) is 37.9 Å². The summed E-state index contributed by atoms with van der Waals surface area (Å²) in [4.78, 5) is 2.63. The van der Waals surface area contributed by atoms with E-state index in [4.69, 9.17) is 4.74 Å². The number of ether oxygens (including phenoxy) is 1. The van der Waals surface area contributed by atoms with Gasteiger partial charge in [-0.15, -0.1) is 0 Å². The lowest BCUT2D eigenvalue weighted by Gasteiger charge is -2.43.